The highest BCUT2D eigenvalue weighted by molar-refractivity contribution is 5.80. The van der Waals surface area contributed by atoms with Gasteiger partial charge in [0.05, 0.1) is 6.33 Å². The molecule has 1 aromatic rings. The smallest absolute Gasteiger partial charge is 0.222 e. The molecule has 0 aliphatic rings. The van der Waals surface area contributed by atoms with Crippen molar-refractivity contribution in [3.05, 3.63) is 18.7 Å². The predicted molar refractivity (Wildman–Crippen MR) is 92.0 cm³/mol. The Morgan fingerprint density at radius 2 is 1.83 bits per heavy atom. The van der Waals surface area contributed by atoms with Crippen LogP contribution in [-0.2, 0) is 16.1 Å². The quantitative estimate of drug-likeness (QED) is 0.593. The molecule has 1 amide bonds. The summed E-state index contributed by atoms with van der Waals surface area (Å²) in [5, 5.41) is 0. The number of rotatable bonds is 12. The van der Waals surface area contributed by atoms with Gasteiger partial charge in [-0.3, -0.25) is 9.59 Å². The summed E-state index contributed by atoms with van der Waals surface area (Å²) in [7, 11) is 0. The van der Waals surface area contributed by atoms with Crippen LogP contribution in [0.15, 0.2) is 18.7 Å². The molecule has 0 saturated heterocycles. The third-order valence-corrected chi connectivity index (χ3v) is 4.20. The number of ketones is 1. The van der Waals surface area contributed by atoms with Crippen molar-refractivity contribution in [1.29, 1.82) is 0 Å². The molecule has 0 N–H and O–H groups in total. The lowest BCUT2D eigenvalue weighted by Crippen LogP contribution is -2.30. The molecule has 0 spiro atoms. The van der Waals surface area contributed by atoms with Gasteiger partial charge in [0.2, 0.25) is 5.91 Å². The second kappa shape index (κ2) is 11.0. The van der Waals surface area contributed by atoms with Crippen LogP contribution in [0.25, 0.3) is 0 Å². The molecule has 0 aliphatic heterocycles. The van der Waals surface area contributed by atoms with E-state index in [0.29, 0.717) is 31.6 Å². The third kappa shape index (κ3) is 7.95. The van der Waals surface area contributed by atoms with Crippen molar-refractivity contribution < 1.29 is 9.59 Å². The molecule has 1 aromatic heterocycles. The first-order valence-electron chi connectivity index (χ1n) is 8.82. The lowest BCUT2D eigenvalue weighted by molar-refractivity contribution is -0.131. The van der Waals surface area contributed by atoms with Gasteiger partial charge in [-0.1, -0.05) is 6.92 Å². The number of carbonyl (C=O) groups excluding carboxylic acids is 2. The number of aromatic nitrogens is 2. The summed E-state index contributed by atoms with van der Waals surface area (Å²) in [5.74, 6) is 0.991. The van der Waals surface area contributed by atoms with Crippen LogP contribution in [0, 0.1) is 5.92 Å². The Hall–Kier alpha value is -1.65. The van der Waals surface area contributed by atoms with Crippen molar-refractivity contribution in [2.24, 2.45) is 5.92 Å². The van der Waals surface area contributed by atoms with Crippen LogP contribution in [0.3, 0.4) is 0 Å². The number of hydrogen-bond acceptors (Lipinski definition) is 3. The highest BCUT2D eigenvalue weighted by Crippen LogP contribution is 2.12. The maximum Gasteiger partial charge on any atom is 0.222 e. The van der Waals surface area contributed by atoms with Gasteiger partial charge in [-0.2, -0.15) is 0 Å². The van der Waals surface area contributed by atoms with E-state index in [2.05, 4.69) is 16.5 Å². The Morgan fingerprint density at radius 1 is 1.13 bits per heavy atom. The standard InChI is InChI=1S/C18H31N3O2/c1-4-21(5-2)18(23)11-7-10-17(22)9-6-8-16(3)14-20-13-12-19-15-20/h12-13,15-16H,4-11,14H2,1-3H3. The van der Waals surface area contributed by atoms with Crippen molar-refractivity contribution in [2.45, 2.75) is 65.8 Å². The van der Waals surface area contributed by atoms with Crippen LogP contribution in [-0.4, -0.2) is 39.2 Å². The predicted octanol–water partition coefficient (Wildman–Crippen LogP) is 3.30. The molecule has 5 heteroatoms. The summed E-state index contributed by atoms with van der Waals surface area (Å²) in [6.45, 7) is 8.62. The van der Waals surface area contributed by atoms with E-state index in [4.69, 9.17) is 0 Å². The molecule has 1 heterocycles. The molecule has 0 bridgehead atoms. The molecule has 0 aromatic carbocycles. The van der Waals surface area contributed by atoms with Gasteiger partial charge in [-0.15, -0.1) is 0 Å². The van der Waals surface area contributed by atoms with Crippen molar-refractivity contribution in [3.8, 4) is 0 Å². The Balaban J connectivity index is 2.09. The number of Topliss-reactive ketones (excluding diaryl/α,β-unsaturated/α-hetero) is 1. The van der Waals surface area contributed by atoms with E-state index in [9.17, 15) is 9.59 Å². The van der Waals surface area contributed by atoms with Crippen LogP contribution in [0.1, 0.15) is 59.3 Å². The summed E-state index contributed by atoms with van der Waals surface area (Å²) >= 11 is 0. The normalized spacial score (nSPS) is 12.1. The topological polar surface area (TPSA) is 55.2 Å². The van der Waals surface area contributed by atoms with Crippen molar-refractivity contribution >= 4 is 11.7 Å². The van der Waals surface area contributed by atoms with Gasteiger partial charge in [0.25, 0.3) is 0 Å². The molecule has 130 valence electrons. The molecule has 0 radical (unpaired) electrons. The van der Waals surface area contributed by atoms with Gasteiger partial charge >= 0.3 is 0 Å². The maximum absolute atomic E-state index is 11.9. The molecule has 1 unspecified atom stereocenters. The number of nitrogens with zero attached hydrogens (tertiary/aromatic N) is 3. The van der Waals surface area contributed by atoms with Crippen LogP contribution in [0.5, 0.6) is 0 Å². The molecule has 5 nitrogen and oxygen atoms in total. The molecule has 1 atom stereocenters. The van der Waals surface area contributed by atoms with Crippen molar-refractivity contribution in [2.75, 3.05) is 13.1 Å². The number of imidazole rings is 1. The Kier molecular flexibility index (Phi) is 9.25. The van der Waals surface area contributed by atoms with Crippen molar-refractivity contribution in [1.82, 2.24) is 14.5 Å². The molecule has 0 saturated carbocycles. The number of amides is 1. The minimum atomic E-state index is 0.164. The minimum Gasteiger partial charge on any atom is -0.343 e. The molecule has 1 rings (SSSR count). The fourth-order valence-electron chi connectivity index (χ4n) is 2.79. The zero-order valence-electron chi connectivity index (χ0n) is 14.8. The average Bonchev–Trinajstić information content (AvgIpc) is 3.01. The van der Waals surface area contributed by atoms with E-state index in [1.807, 2.05) is 31.3 Å². The minimum absolute atomic E-state index is 0.164. The summed E-state index contributed by atoms with van der Waals surface area (Å²) in [5.41, 5.74) is 0. The lowest BCUT2D eigenvalue weighted by atomic mass is 10.0. The van der Waals surface area contributed by atoms with Gasteiger partial charge in [0.1, 0.15) is 5.78 Å². The van der Waals surface area contributed by atoms with Crippen LogP contribution in [0.4, 0.5) is 0 Å². The summed E-state index contributed by atoms with van der Waals surface area (Å²) in [6.07, 6.45) is 9.89. The van der Waals surface area contributed by atoms with E-state index in [1.54, 1.807) is 6.20 Å². The van der Waals surface area contributed by atoms with Gasteiger partial charge in [0, 0.05) is 51.3 Å². The molecule has 0 aliphatic carbocycles. The first-order valence-corrected chi connectivity index (χ1v) is 8.82. The fraction of sp³-hybridized carbons (Fsp3) is 0.722. The second-order valence-corrected chi connectivity index (χ2v) is 6.22. The van der Waals surface area contributed by atoms with E-state index < -0.39 is 0 Å². The van der Waals surface area contributed by atoms with Gasteiger partial charge < -0.3 is 9.47 Å². The van der Waals surface area contributed by atoms with E-state index in [-0.39, 0.29) is 11.7 Å². The highest BCUT2D eigenvalue weighted by atomic mass is 16.2. The summed E-state index contributed by atoms with van der Waals surface area (Å²) in [6, 6.07) is 0. The van der Waals surface area contributed by atoms with Crippen LogP contribution >= 0.6 is 0 Å². The largest absolute Gasteiger partial charge is 0.343 e. The number of carbonyl (C=O) groups is 2. The SMILES string of the molecule is CCN(CC)C(=O)CCCC(=O)CCCC(C)Cn1ccnc1. The molecule has 23 heavy (non-hydrogen) atoms. The Bertz CT molecular complexity index is 453. The first kappa shape index (κ1) is 19.4. The maximum atomic E-state index is 11.9. The van der Waals surface area contributed by atoms with Gasteiger partial charge in [-0.05, 0) is 39.0 Å². The summed E-state index contributed by atoms with van der Waals surface area (Å²) in [4.78, 5) is 29.6. The van der Waals surface area contributed by atoms with E-state index in [0.717, 1.165) is 32.5 Å². The fourth-order valence-corrected chi connectivity index (χ4v) is 2.79. The Morgan fingerprint density at radius 3 is 2.43 bits per heavy atom. The molecular weight excluding hydrogens is 290 g/mol. The van der Waals surface area contributed by atoms with Crippen molar-refractivity contribution in [3.63, 3.8) is 0 Å². The highest BCUT2D eigenvalue weighted by Gasteiger charge is 2.11. The van der Waals surface area contributed by atoms with Crippen LogP contribution < -0.4 is 0 Å². The van der Waals surface area contributed by atoms with E-state index in [1.165, 1.54) is 0 Å². The van der Waals surface area contributed by atoms with Crippen LogP contribution in [0.2, 0.25) is 0 Å². The second-order valence-electron chi connectivity index (χ2n) is 6.22. The number of hydrogen-bond donors (Lipinski definition) is 0. The monoisotopic (exact) mass is 321 g/mol. The summed E-state index contributed by atoms with van der Waals surface area (Å²) < 4.78 is 2.07. The average molecular weight is 321 g/mol. The van der Waals surface area contributed by atoms with E-state index >= 15 is 0 Å². The third-order valence-electron chi connectivity index (χ3n) is 4.20. The zero-order valence-corrected chi connectivity index (χ0v) is 14.8. The Labute approximate surface area is 140 Å². The lowest BCUT2D eigenvalue weighted by Gasteiger charge is -2.18. The first-order chi connectivity index (χ1) is 11.1. The zero-order chi connectivity index (χ0) is 17.1. The van der Waals surface area contributed by atoms with Gasteiger partial charge in [0.15, 0.2) is 0 Å². The molecule has 0 fully saturated rings. The molecular formula is C18H31N3O2. The van der Waals surface area contributed by atoms with Gasteiger partial charge in [-0.25, -0.2) is 4.98 Å².